The van der Waals surface area contributed by atoms with E-state index in [0.29, 0.717) is 24.1 Å². The summed E-state index contributed by atoms with van der Waals surface area (Å²) in [5.74, 6) is 1.49. The molecule has 0 bridgehead atoms. The van der Waals surface area contributed by atoms with Gasteiger partial charge in [-0.2, -0.15) is 18.2 Å². The summed E-state index contributed by atoms with van der Waals surface area (Å²) in [6, 6.07) is 4.20. The zero-order valence-electron chi connectivity index (χ0n) is 17.7. The van der Waals surface area contributed by atoms with Gasteiger partial charge < -0.3 is 19.3 Å². The van der Waals surface area contributed by atoms with Crippen LogP contribution in [-0.2, 0) is 11.2 Å². The highest BCUT2D eigenvalue weighted by atomic mass is 19.4. The fourth-order valence-electron chi connectivity index (χ4n) is 3.04. The Kier molecular flexibility index (Phi) is 7.07. The highest BCUT2D eigenvalue weighted by molar-refractivity contribution is 5.76. The predicted octanol–water partition coefficient (Wildman–Crippen LogP) is 4.34. The van der Waals surface area contributed by atoms with Crippen LogP contribution in [-0.4, -0.2) is 35.9 Å². The van der Waals surface area contributed by atoms with Gasteiger partial charge >= 0.3 is 6.18 Å². The van der Waals surface area contributed by atoms with E-state index in [1.165, 1.54) is 13.2 Å². The van der Waals surface area contributed by atoms with Gasteiger partial charge in [0.15, 0.2) is 23.9 Å². The van der Waals surface area contributed by atoms with E-state index in [2.05, 4.69) is 15.5 Å². The Morgan fingerprint density at radius 1 is 1.29 bits per heavy atom. The molecule has 1 atom stereocenters. The molecule has 3 rings (SSSR count). The minimum absolute atomic E-state index is 0.00393. The molecule has 1 heterocycles. The number of methoxy groups -OCH3 is 1. The molecule has 31 heavy (non-hydrogen) atoms. The molecule has 2 aromatic rings. The molecular weight excluding hydrogens is 415 g/mol. The average Bonchev–Trinajstić information content (AvgIpc) is 3.45. The molecule has 1 amide bonds. The van der Waals surface area contributed by atoms with E-state index in [1.54, 1.807) is 12.1 Å². The number of carbonyl (C=O) groups is 1. The summed E-state index contributed by atoms with van der Waals surface area (Å²) in [7, 11) is 1.35. The van der Waals surface area contributed by atoms with Crippen LogP contribution in [0, 0.1) is 5.92 Å². The number of aromatic nitrogens is 2. The van der Waals surface area contributed by atoms with E-state index < -0.39 is 12.8 Å². The fraction of sp³-hybridized carbons (Fsp3) is 0.571. The maximum Gasteiger partial charge on any atom is 0.422 e. The Bertz CT molecular complexity index is 894. The molecule has 0 aliphatic heterocycles. The van der Waals surface area contributed by atoms with E-state index >= 15 is 0 Å². The van der Waals surface area contributed by atoms with Crippen molar-refractivity contribution in [2.75, 3.05) is 13.7 Å². The summed E-state index contributed by atoms with van der Waals surface area (Å²) >= 11 is 0. The lowest BCUT2D eigenvalue weighted by molar-refractivity contribution is -0.153. The van der Waals surface area contributed by atoms with Crippen molar-refractivity contribution in [1.29, 1.82) is 0 Å². The number of nitrogens with zero attached hydrogens (tertiary/aromatic N) is 2. The minimum Gasteiger partial charge on any atom is -0.493 e. The number of halogens is 3. The summed E-state index contributed by atoms with van der Waals surface area (Å²) in [5, 5.41) is 6.94. The molecule has 1 aromatic carbocycles. The van der Waals surface area contributed by atoms with E-state index in [1.807, 2.05) is 13.8 Å². The number of carbonyl (C=O) groups excluding carboxylic acids is 1. The number of alkyl halides is 3. The molecule has 10 heteroatoms. The lowest BCUT2D eigenvalue weighted by Gasteiger charge is -2.18. The van der Waals surface area contributed by atoms with Gasteiger partial charge in [0.25, 0.3) is 0 Å². The molecule has 7 nitrogen and oxygen atoms in total. The van der Waals surface area contributed by atoms with Gasteiger partial charge in [-0.05, 0) is 42.9 Å². The van der Waals surface area contributed by atoms with Crippen LogP contribution >= 0.6 is 0 Å². The Morgan fingerprint density at radius 2 is 2.03 bits per heavy atom. The second kappa shape index (κ2) is 9.57. The first-order chi connectivity index (χ1) is 14.7. The number of hydrogen-bond donors (Lipinski definition) is 1. The van der Waals surface area contributed by atoms with Gasteiger partial charge in [0, 0.05) is 12.3 Å². The monoisotopic (exact) mass is 441 g/mol. The van der Waals surface area contributed by atoms with Crippen molar-refractivity contribution in [2.45, 2.75) is 57.7 Å². The van der Waals surface area contributed by atoms with Crippen molar-refractivity contribution < 1.29 is 32.0 Å². The highest BCUT2D eigenvalue weighted by Crippen LogP contribution is 2.38. The number of ether oxygens (including phenoxy) is 2. The number of amides is 1. The van der Waals surface area contributed by atoms with Crippen LogP contribution in [0.3, 0.4) is 0 Å². The summed E-state index contributed by atoms with van der Waals surface area (Å²) in [4.78, 5) is 16.9. The van der Waals surface area contributed by atoms with Crippen molar-refractivity contribution in [3.8, 4) is 11.5 Å². The van der Waals surface area contributed by atoms with Crippen LogP contribution in [0.4, 0.5) is 13.2 Å². The number of rotatable bonds is 10. The molecule has 1 saturated carbocycles. The zero-order valence-corrected chi connectivity index (χ0v) is 17.7. The van der Waals surface area contributed by atoms with Gasteiger partial charge in [0.2, 0.25) is 11.8 Å². The maximum atomic E-state index is 12.5. The van der Waals surface area contributed by atoms with Crippen LogP contribution < -0.4 is 14.8 Å². The Morgan fingerprint density at radius 3 is 2.65 bits per heavy atom. The van der Waals surface area contributed by atoms with E-state index in [-0.39, 0.29) is 35.8 Å². The van der Waals surface area contributed by atoms with E-state index in [4.69, 9.17) is 14.0 Å². The van der Waals surface area contributed by atoms with Crippen molar-refractivity contribution in [3.63, 3.8) is 0 Å². The topological polar surface area (TPSA) is 86.5 Å². The zero-order chi connectivity index (χ0) is 22.6. The third-order valence-corrected chi connectivity index (χ3v) is 4.91. The average molecular weight is 441 g/mol. The first kappa shape index (κ1) is 22.9. The number of nitrogens with one attached hydrogen (secondary N) is 1. The van der Waals surface area contributed by atoms with E-state index in [0.717, 1.165) is 18.4 Å². The molecule has 0 radical (unpaired) electrons. The highest BCUT2D eigenvalue weighted by Gasteiger charge is 2.32. The Hall–Kier alpha value is -2.78. The first-order valence-electron chi connectivity index (χ1n) is 10.2. The molecule has 0 spiro atoms. The summed E-state index contributed by atoms with van der Waals surface area (Å²) in [5.41, 5.74) is 0.737. The summed E-state index contributed by atoms with van der Waals surface area (Å²) in [6.45, 7) is 2.51. The van der Waals surface area contributed by atoms with Crippen LogP contribution in [0.25, 0.3) is 0 Å². The van der Waals surface area contributed by atoms with Gasteiger partial charge in [0.1, 0.15) is 6.04 Å². The lowest BCUT2D eigenvalue weighted by Crippen LogP contribution is -2.32. The minimum atomic E-state index is -4.44. The molecule has 1 aliphatic carbocycles. The van der Waals surface area contributed by atoms with E-state index in [9.17, 15) is 18.0 Å². The molecule has 170 valence electrons. The smallest absolute Gasteiger partial charge is 0.422 e. The number of aryl methyl sites for hydroxylation is 1. The third-order valence-electron chi connectivity index (χ3n) is 4.91. The maximum absolute atomic E-state index is 12.5. The van der Waals surface area contributed by atoms with Crippen LogP contribution in [0.2, 0.25) is 0 Å². The van der Waals surface area contributed by atoms with Gasteiger partial charge in [-0.3, -0.25) is 4.79 Å². The van der Waals surface area contributed by atoms with Crippen molar-refractivity contribution >= 4 is 5.91 Å². The first-order valence-corrected chi connectivity index (χ1v) is 10.2. The van der Waals surface area contributed by atoms with Crippen LogP contribution in [0.15, 0.2) is 22.7 Å². The standard InChI is InChI=1S/C21H26F3N3O4/c1-12(2)18(20-26-19(27-31-20)14-6-7-14)25-17(28)9-5-13-4-8-15(16(10-13)29-3)30-11-21(22,23)24/h4,8,10,12,14,18H,5-7,9,11H2,1-3H3,(H,25,28). The molecule has 0 saturated heterocycles. The third kappa shape index (κ3) is 6.60. The van der Waals surface area contributed by atoms with Crippen molar-refractivity contribution in [2.24, 2.45) is 5.92 Å². The van der Waals surface area contributed by atoms with Gasteiger partial charge in [-0.1, -0.05) is 25.1 Å². The largest absolute Gasteiger partial charge is 0.493 e. The number of hydrogen-bond acceptors (Lipinski definition) is 6. The normalized spacial score (nSPS) is 15.1. The fourth-order valence-corrected chi connectivity index (χ4v) is 3.04. The van der Waals surface area contributed by atoms with Crippen LogP contribution in [0.1, 0.15) is 62.3 Å². The summed E-state index contributed by atoms with van der Waals surface area (Å²) < 4.78 is 52.4. The van der Waals surface area contributed by atoms with Gasteiger partial charge in [-0.25, -0.2) is 0 Å². The van der Waals surface area contributed by atoms with Crippen molar-refractivity contribution in [3.05, 3.63) is 35.5 Å². The Labute approximate surface area is 178 Å². The molecule has 1 aromatic heterocycles. The van der Waals surface area contributed by atoms with Crippen molar-refractivity contribution in [1.82, 2.24) is 15.5 Å². The predicted molar refractivity (Wildman–Crippen MR) is 105 cm³/mol. The molecule has 1 fully saturated rings. The molecular formula is C21H26F3N3O4. The molecule has 1 N–H and O–H groups in total. The molecule has 1 unspecified atom stereocenters. The van der Waals surface area contributed by atoms with Gasteiger partial charge in [0.05, 0.1) is 7.11 Å². The molecule has 1 aliphatic rings. The van der Waals surface area contributed by atoms with Gasteiger partial charge in [-0.15, -0.1) is 0 Å². The second-order valence-electron chi connectivity index (χ2n) is 7.94. The van der Waals surface area contributed by atoms with Crippen LogP contribution in [0.5, 0.6) is 11.5 Å². The second-order valence-corrected chi connectivity index (χ2v) is 7.94. The number of benzene rings is 1. The SMILES string of the molecule is COc1cc(CCC(=O)NC(c2nc(C3CC3)no2)C(C)C)ccc1OCC(F)(F)F. The Balaban J connectivity index is 1.57. The quantitative estimate of drug-likeness (QED) is 0.590. The summed E-state index contributed by atoms with van der Waals surface area (Å²) in [6.07, 6.45) is -1.77. The lowest BCUT2D eigenvalue weighted by atomic mass is 10.0.